The van der Waals surface area contributed by atoms with Gasteiger partial charge in [-0.2, -0.15) is 9.61 Å². The molecule has 1 N–H and O–H groups in total. The first-order valence-corrected chi connectivity index (χ1v) is 5.63. The van der Waals surface area contributed by atoms with E-state index in [0.717, 1.165) is 0 Å². The summed E-state index contributed by atoms with van der Waals surface area (Å²) in [5.74, 6) is -1.06. The molecule has 0 fully saturated rings. The van der Waals surface area contributed by atoms with Crippen LogP contribution in [0.25, 0.3) is 4.96 Å². The maximum Gasteiger partial charge on any atom is 0.332 e. The van der Waals surface area contributed by atoms with Crippen molar-refractivity contribution < 1.29 is 14.6 Å². The van der Waals surface area contributed by atoms with Crippen molar-refractivity contribution in [3.63, 3.8) is 0 Å². The third-order valence-corrected chi connectivity index (χ3v) is 2.74. The van der Waals surface area contributed by atoms with Gasteiger partial charge in [0.1, 0.15) is 5.51 Å². The van der Waals surface area contributed by atoms with Crippen LogP contribution in [0, 0.1) is 0 Å². The molecule has 1 atom stereocenters. The Morgan fingerprint density at radius 2 is 2.47 bits per heavy atom. The largest absolute Gasteiger partial charge is 0.479 e. The lowest BCUT2D eigenvalue weighted by Gasteiger charge is -2.07. The van der Waals surface area contributed by atoms with E-state index in [9.17, 15) is 9.59 Å². The zero-order valence-electron chi connectivity index (χ0n) is 8.86. The van der Waals surface area contributed by atoms with E-state index in [1.54, 1.807) is 0 Å². The molecule has 0 saturated heterocycles. The highest BCUT2D eigenvalue weighted by Crippen LogP contribution is 2.05. The van der Waals surface area contributed by atoms with E-state index in [4.69, 9.17) is 9.84 Å². The van der Waals surface area contributed by atoms with Gasteiger partial charge in [-0.05, 0) is 6.92 Å². The molecule has 0 spiro atoms. The molecule has 0 radical (unpaired) electrons. The molecule has 0 aliphatic carbocycles. The summed E-state index contributed by atoms with van der Waals surface area (Å²) < 4.78 is 6.22. The van der Waals surface area contributed by atoms with E-state index >= 15 is 0 Å². The predicted molar refractivity (Wildman–Crippen MR) is 59.0 cm³/mol. The molecule has 0 aromatic carbocycles. The molecule has 90 valence electrons. The monoisotopic (exact) mass is 255 g/mol. The van der Waals surface area contributed by atoms with Gasteiger partial charge in [0, 0.05) is 6.07 Å². The number of fused-ring (bicyclic) bond motifs is 1. The standard InChI is InChI=1S/C9H9N3O4S/c1-5(8(14)15)16-3-6-2-7(13)12-9(11-6)17-4-10-12/h2,4-5H,3H2,1H3,(H,14,15)/t5-/m1/s1. The Morgan fingerprint density at radius 1 is 1.71 bits per heavy atom. The lowest BCUT2D eigenvalue weighted by atomic mass is 10.4. The Morgan fingerprint density at radius 3 is 3.18 bits per heavy atom. The Bertz CT molecular complexity index is 606. The second-order valence-electron chi connectivity index (χ2n) is 3.31. The van der Waals surface area contributed by atoms with Crippen LogP contribution in [0.5, 0.6) is 0 Å². The number of aliphatic carboxylic acids is 1. The fourth-order valence-electron chi connectivity index (χ4n) is 1.16. The van der Waals surface area contributed by atoms with Crippen molar-refractivity contribution >= 4 is 22.3 Å². The van der Waals surface area contributed by atoms with Crippen LogP contribution in [-0.4, -0.2) is 31.8 Å². The highest BCUT2D eigenvalue weighted by Gasteiger charge is 2.12. The van der Waals surface area contributed by atoms with Crippen molar-refractivity contribution in [1.29, 1.82) is 0 Å². The third-order valence-electron chi connectivity index (χ3n) is 2.07. The van der Waals surface area contributed by atoms with Crippen molar-refractivity contribution in [1.82, 2.24) is 14.6 Å². The van der Waals surface area contributed by atoms with Crippen molar-refractivity contribution in [3.05, 3.63) is 27.6 Å². The van der Waals surface area contributed by atoms with Crippen LogP contribution in [0.2, 0.25) is 0 Å². The van der Waals surface area contributed by atoms with Crippen LogP contribution in [0.1, 0.15) is 12.6 Å². The van der Waals surface area contributed by atoms with Gasteiger partial charge in [0.15, 0.2) is 6.10 Å². The van der Waals surface area contributed by atoms with Gasteiger partial charge in [-0.15, -0.1) is 0 Å². The topological polar surface area (TPSA) is 93.8 Å². The fourth-order valence-corrected chi connectivity index (χ4v) is 1.80. The molecule has 2 rings (SSSR count). The number of rotatable bonds is 4. The SMILES string of the molecule is C[C@@H](OCc1cc(=O)n2ncsc2n1)C(=O)O. The minimum atomic E-state index is -1.06. The summed E-state index contributed by atoms with van der Waals surface area (Å²) in [4.78, 5) is 26.7. The number of hydrogen-bond acceptors (Lipinski definition) is 6. The summed E-state index contributed by atoms with van der Waals surface area (Å²) in [5, 5.41) is 12.4. The average Bonchev–Trinajstić information content (AvgIpc) is 2.74. The highest BCUT2D eigenvalue weighted by atomic mass is 32.1. The summed E-state index contributed by atoms with van der Waals surface area (Å²) in [6.45, 7) is 1.40. The molecule has 0 saturated carbocycles. The van der Waals surface area contributed by atoms with E-state index < -0.39 is 12.1 Å². The first-order valence-electron chi connectivity index (χ1n) is 4.75. The number of carboxylic acid groups (broad SMARTS) is 1. The van der Waals surface area contributed by atoms with Gasteiger partial charge in [-0.1, -0.05) is 11.3 Å². The maximum atomic E-state index is 11.5. The molecule has 8 heteroatoms. The van der Waals surface area contributed by atoms with Crippen molar-refractivity contribution in [3.8, 4) is 0 Å². The molecule has 0 bridgehead atoms. The van der Waals surface area contributed by atoms with Gasteiger partial charge in [0.2, 0.25) is 4.96 Å². The van der Waals surface area contributed by atoms with Crippen LogP contribution < -0.4 is 5.56 Å². The number of carboxylic acids is 1. The number of aromatic nitrogens is 3. The molecule has 2 heterocycles. The van der Waals surface area contributed by atoms with Crippen molar-refractivity contribution in [2.75, 3.05) is 0 Å². The van der Waals surface area contributed by atoms with Gasteiger partial charge in [-0.3, -0.25) is 4.79 Å². The molecule has 0 unspecified atom stereocenters. The second-order valence-corrected chi connectivity index (χ2v) is 4.12. The first-order chi connectivity index (χ1) is 8.08. The third kappa shape index (κ3) is 2.48. The van der Waals surface area contributed by atoms with Crippen molar-refractivity contribution in [2.24, 2.45) is 0 Å². The lowest BCUT2D eigenvalue weighted by Crippen LogP contribution is -2.21. The zero-order chi connectivity index (χ0) is 12.4. The number of ether oxygens (including phenoxy) is 1. The molecule has 0 amide bonds. The smallest absolute Gasteiger partial charge is 0.332 e. The van der Waals surface area contributed by atoms with Crippen molar-refractivity contribution in [2.45, 2.75) is 19.6 Å². The molecular weight excluding hydrogens is 246 g/mol. The number of carbonyl (C=O) groups is 1. The Balaban J connectivity index is 2.19. The lowest BCUT2D eigenvalue weighted by molar-refractivity contribution is -0.149. The highest BCUT2D eigenvalue weighted by molar-refractivity contribution is 7.14. The Hall–Kier alpha value is -1.80. The van der Waals surface area contributed by atoms with Gasteiger partial charge in [0.25, 0.3) is 5.56 Å². The summed E-state index contributed by atoms with van der Waals surface area (Å²) in [5.41, 5.74) is 1.60. The average molecular weight is 255 g/mol. The van der Waals surface area contributed by atoms with E-state index in [1.807, 2.05) is 0 Å². The van der Waals surface area contributed by atoms with Crippen LogP contribution in [-0.2, 0) is 16.1 Å². The minimum absolute atomic E-state index is 0.0168. The molecule has 7 nitrogen and oxygen atoms in total. The van der Waals surface area contributed by atoms with Crippen LogP contribution in [0.4, 0.5) is 0 Å². The van der Waals surface area contributed by atoms with Gasteiger partial charge < -0.3 is 9.84 Å². The van der Waals surface area contributed by atoms with E-state index in [-0.39, 0.29) is 12.2 Å². The molecular formula is C9H9N3O4S. The summed E-state index contributed by atoms with van der Waals surface area (Å²) >= 11 is 1.23. The van der Waals surface area contributed by atoms with E-state index in [0.29, 0.717) is 10.7 Å². The van der Waals surface area contributed by atoms with Crippen LogP contribution in [0.15, 0.2) is 16.4 Å². The predicted octanol–water partition coefficient (Wildman–Crippen LogP) is 0.141. The first kappa shape index (κ1) is 11.7. The second kappa shape index (κ2) is 4.60. The van der Waals surface area contributed by atoms with Gasteiger partial charge >= 0.3 is 5.97 Å². The summed E-state index contributed by atoms with van der Waals surface area (Å²) in [6, 6.07) is 1.28. The van der Waals surface area contributed by atoms with E-state index in [2.05, 4.69) is 10.1 Å². The zero-order valence-corrected chi connectivity index (χ0v) is 9.68. The minimum Gasteiger partial charge on any atom is -0.479 e. The molecule has 17 heavy (non-hydrogen) atoms. The number of hydrogen-bond donors (Lipinski definition) is 1. The number of nitrogens with zero attached hydrogens (tertiary/aromatic N) is 3. The Labute approximate surface area is 99.3 Å². The quantitative estimate of drug-likeness (QED) is 0.835. The molecule has 2 aromatic heterocycles. The molecule has 0 aliphatic rings. The normalized spacial score (nSPS) is 12.8. The Kier molecular flexibility index (Phi) is 3.16. The van der Waals surface area contributed by atoms with Gasteiger partial charge in [-0.25, -0.2) is 9.78 Å². The van der Waals surface area contributed by atoms with Gasteiger partial charge in [0.05, 0.1) is 12.3 Å². The summed E-state index contributed by atoms with van der Waals surface area (Å²) in [7, 11) is 0. The van der Waals surface area contributed by atoms with Crippen LogP contribution in [0.3, 0.4) is 0 Å². The maximum absolute atomic E-state index is 11.5. The fraction of sp³-hybridized carbons (Fsp3) is 0.333. The van der Waals surface area contributed by atoms with E-state index in [1.165, 1.54) is 34.4 Å². The van der Waals surface area contributed by atoms with Crippen LogP contribution >= 0.6 is 11.3 Å². The molecule has 2 aromatic rings. The molecule has 0 aliphatic heterocycles. The summed E-state index contributed by atoms with van der Waals surface area (Å²) in [6.07, 6.45) is -0.934.